The first-order valence-electron chi connectivity index (χ1n) is 7.93. The molecule has 1 heterocycles. The van der Waals surface area contributed by atoms with E-state index in [1.54, 1.807) is 13.0 Å². The molecular formula is C17H21FN2O3. The Bertz CT molecular complexity index is 643. The van der Waals surface area contributed by atoms with Crippen molar-refractivity contribution in [3.8, 4) is 0 Å². The van der Waals surface area contributed by atoms with E-state index in [1.165, 1.54) is 12.1 Å². The maximum absolute atomic E-state index is 13.3. The number of nitrogens with zero attached hydrogens (tertiary/aromatic N) is 1. The van der Waals surface area contributed by atoms with Gasteiger partial charge < -0.3 is 10.1 Å². The summed E-state index contributed by atoms with van der Waals surface area (Å²) in [5, 5.41) is 2.83. The maximum atomic E-state index is 13.3. The minimum Gasteiger partial charge on any atom is -0.464 e. The first kappa shape index (κ1) is 15.9. The highest BCUT2D eigenvalue weighted by Gasteiger charge is 2.55. The average Bonchev–Trinajstić information content (AvgIpc) is 3.39. The van der Waals surface area contributed by atoms with Crippen molar-refractivity contribution in [3.63, 3.8) is 0 Å². The van der Waals surface area contributed by atoms with Gasteiger partial charge in [-0.2, -0.15) is 0 Å². The molecule has 1 amide bonds. The molecule has 0 bridgehead atoms. The molecule has 2 atom stereocenters. The normalized spacial score (nSPS) is 24.0. The highest BCUT2D eigenvalue weighted by molar-refractivity contribution is 5.93. The lowest BCUT2D eigenvalue weighted by Gasteiger charge is -2.16. The zero-order chi connectivity index (χ0) is 16.6. The molecular weight excluding hydrogens is 299 g/mol. The molecule has 2 fully saturated rings. The van der Waals surface area contributed by atoms with Gasteiger partial charge in [0.2, 0.25) is 5.91 Å². The van der Waals surface area contributed by atoms with Crippen LogP contribution in [0.4, 0.5) is 4.39 Å². The van der Waals surface area contributed by atoms with Crippen LogP contribution in [0.25, 0.3) is 0 Å². The molecule has 1 saturated heterocycles. The van der Waals surface area contributed by atoms with Crippen molar-refractivity contribution in [2.45, 2.75) is 44.8 Å². The Morgan fingerprint density at radius 1 is 1.43 bits per heavy atom. The number of carbonyl (C=O) groups is 2. The van der Waals surface area contributed by atoms with E-state index in [4.69, 9.17) is 4.74 Å². The van der Waals surface area contributed by atoms with Crippen LogP contribution in [-0.4, -0.2) is 41.5 Å². The van der Waals surface area contributed by atoms with Crippen molar-refractivity contribution in [1.29, 1.82) is 0 Å². The molecule has 0 spiro atoms. The number of ether oxygens (including phenoxy) is 1. The van der Waals surface area contributed by atoms with Crippen molar-refractivity contribution in [1.82, 2.24) is 10.2 Å². The molecule has 2 aliphatic rings. The summed E-state index contributed by atoms with van der Waals surface area (Å²) in [5.41, 5.74) is 1.07. The largest absolute Gasteiger partial charge is 0.464 e. The number of aryl methyl sites for hydroxylation is 1. The van der Waals surface area contributed by atoms with Gasteiger partial charge >= 0.3 is 5.97 Å². The van der Waals surface area contributed by atoms with Crippen molar-refractivity contribution in [2.75, 3.05) is 13.2 Å². The summed E-state index contributed by atoms with van der Waals surface area (Å²) >= 11 is 0. The van der Waals surface area contributed by atoms with Gasteiger partial charge in [-0.05, 0) is 49.9 Å². The SMILES string of the molecule is CCOC(=O)C1(NC(=O)C2CN2Cc2cc(F)ccc2C)CC1. The Kier molecular flexibility index (Phi) is 4.10. The van der Waals surface area contributed by atoms with Crippen LogP contribution in [0, 0.1) is 12.7 Å². The van der Waals surface area contributed by atoms with Crippen LogP contribution in [0.3, 0.4) is 0 Å². The number of esters is 1. The number of rotatable bonds is 6. The molecule has 0 radical (unpaired) electrons. The summed E-state index contributed by atoms with van der Waals surface area (Å²) in [5.74, 6) is -0.765. The Balaban J connectivity index is 1.55. The van der Waals surface area contributed by atoms with Gasteiger partial charge in [-0.3, -0.25) is 9.69 Å². The van der Waals surface area contributed by atoms with Gasteiger partial charge in [0.1, 0.15) is 17.4 Å². The number of halogens is 1. The number of benzene rings is 1. The Morgan fingerprint density at radius 2 is 2.17 bits per heavy atom. The standard InChI is InChI=1S/C17H21FN2O3/c1-3-23-16(22)17(6-7-17)19-15(21)14-10-20(14)9-12-8-13(18)5-4-11(12)2/h4-5,8,14H,3,6-7,9-10H2,1-2H3,(H,19,21). The van der Waals surface area contributed by atoms with Crippen LogP contribution in [0.1, 0.15) is 30.9 Å². The quantitative estimate of drug-likeness (QED) is 0.638. The first-order valence-corrected chi connectivity index (χ1v) is 7.93. The fraction of sp³-hybridized carbons (Fsp3) is 0.529. The van der Waals surface area contributed by atoms with Crippen LogP contribution < -0.4 is 5.32 Å². The molecule has 1 aromatic rings. The van der Waals surface area contributed by atoms with Gasteiger partial charge in [0, 0.05) is 13.1 Å². The van der Waals surface area contributed by atoms with E-state index in [1.807, 2.05) is 11.8 Å². The third-order valence-corrected chi connectivity index (χ3v) is 4.48. The molecule has 0 aromatic heterocycles. The summed E-state index contributed by atoms with van der Waals surface area (Å²) in [6.45, 7) is 5.15. The molecule has 5 nitrogen and oxygen atoms in total. The van der Waals surface area contributed by atoms with E-state index in [-0.39, 0.29) is 23.7 Å². The average molecular weight is 320 g/mol. The summed E-state index contributed by atoms with van der Waals surface area (Å²) in [6.07, 6.45) is 1.26. The number of carbonyl (C=O) groups excluding carboxylic acids is 2. The molecule has 1 saturated carbocycles. The van der Waals surface area contributed by atoms with E-state index in [0.717, 1.165) is 11.1 Å². The lowest BCUT2D eigenvalue weighted by Crippen LogP contribution is -2.46. The molecule has 1 N–H and O–H groups in total. The molecule has 6 heteroatoms. The first-order chi connectivity index (χ1) is 10.9. The highest BCUT2D eigenvalue weighted by atomic mass is 19.1. The smallest absolute Gasteiger partial charge is 0.331 e. The van der Waals surface area contributed by atoms with Gasteiger partial charge in [-0.25, -0.2) is 9.18 Å². The maximum Gasteiger partial charge on any atom is 0.331 e. The van der Waals surface area contributed by atoms with Crippen LogP contribution in [0.5, 0.6) is 0 Å². The number of hydrogen-bond donors (Lipinski definition) is 1. The molecule has 23 heavy (non-hydrogen) atoms. The summed E-state index contributed by atoms with van der Waals surface area (Å²) in [4.78, 5) is 26.1. The van der Waals surface area contributed by atoms with Crippen LogP contribution >= 0.6 is 0 Å². The number of hydrogen-bond acceptors (Lipinski definition) is 4. The fourth-order valence-corrected chi connectivity index (χ4v) is 2.72. The van der Waals surface area contributed by atoms with Crippen molar-refractivity contribution in [2.24, 2.45) is 0 Å². The topological polar surface area (TPSA) is 58.4 Å². The zero-order valence-corrected chi connectivity index (χ0v) is 13.4. The monoisotopic (exact) mass is 320 g/mol. The van der Waals surface area contributed by atoms with E-state index >= 15 is 0 Å². The minimum atomic E-state index is -0.809. The summed E-state index contributed by atoms with van der Waals surface area (Å²) in [6, 6.07) is 4.43. The van der Waals surface area contributed by atoms with Crippen LogP contribution in [0.15, 0.2) is 18.2 Å². The predicted molar refractivity (Wildman–Crippen MR) is 82.1 cm³/mol. The lowest BCUT2D eigenvalue weighted by molar-refractivity contribution is -0.148. The van der Waals surface area contributed by atoms with Gasteiger partial charge in [0.25, 0.3) is 0 Å². The van der Waals surface area contributed by atoms with Gasteiger partial charge in [-0.15, -0.1) is 0 Å². The Labute approximate surface area is 134 Å². The second kappa shape index (κ2) is 5.92. The second-order valence-corrected chi connectivity index (χ2v) is 6.31. The number of amides is 1. The van der Waals surface area contributed by atoms with Gasteiger partial charge in [0.15, 0.2) is 0 Å². The van der Waals surface area contributed by atoms with Crippen molar-refractivity contribution in [3.05, 3.63) is 35.1 Å². The van der Waals surface area contributed by atoms with Crippen molar-refractivity contribution < 1.29 is 18.7 Å². The molecule has 1 aliphatic carbocycles. The van der Waals surface area contributed by atoms with Crippen molar-refractivity contribution >= 4 is 11.9 Å². The zero-order valence-electron chi connectivity index (χ0n) is 13.4. The lowest BCUT2D eigenvalue weighted by atomic mass is 10.1. The Morgan fingerprint density at radius 3 is 2.83 bits per heavy atom. The van der Waals surface area contributed by atoms with E-state index < -0.39 is 5.54 Å². The molecule has 3 rings (SSSR count). The molecule has 1 aliphatic heterocycles. The third kappa shape index (κ3) is 3.37. The van der Waals surface area contributed by atoms with Crippen LogP contribution in [0.2, 0.25) is 0 Å². The second-order valence-electron chi connectivity index (χ2n) is 6.31. The minimum absolute atomic E-state index is 0.149. The number of nitrogens with one attached hydrogen (secondary N) is 1. The van der Waals surface area contributed by atoms with Gasteiger partial charge in [-0.1, -0.05) is 6.07 Å². The highest BCUT2D eigenvalue weighted by Crippen LogP contribution is 2.37. The Hall–Kier alpha value is -1.95. The summed E-state index contributed by atoms with van der Waals surface area (Å²) in [7, 11) is 0. The molecule has 2 unspecified atom stereocenters. The van der Waals surface area contributed by atoms with E-state index in [2.05, 4.69) is 5.32 Å². The fourth-order valence-electron chi connectivity index (χ4n) is 2.72. The van der Waals surface area contributed by atoms with Gasteiger partial charge in [0.05, 0.1) is 6.61 Å². The molecule has 124 valence electrons. The molecule has 1 aromatic carbocycles. The van der Waals surface area contributed by atoms with Crippen LogP contribution in [-0.2, 0) is 20.9 Å². The van der Waals surface area contributed by atoms with E-state index in [0.29, 0.717) is 32.5 Å². The predicted octanol–water partition coefficient (Wildman–Crippen LogP) is 1.53. The third-order valence-electron chi connectivity index (χ3n) is 4.48. The van der Waals surface area contributed by atoms with E-state index in [9.17, 15) is 14.0 Å². The summed E-state index contributed by atoms with van der Waals surface area (Å²) < 4.78 is 18.3.